The molecule has 84 valence electrons. The van der Waals surface area contributed by atoms with Gasteiger partial charge in [0.05, 0.1) is 6.54 Å². The minimum atomic E-state index is -0.843. The fraction of sp³-hybridized carbons (Fsp3) is 0.600. The number of nitrogens with zero attached hydrogens (tertiary/aromatic N) is 1. The first-order valence-corrected chi connectivity index (χ1v) is 4.99. The van der Waals surface area contributed by atoms with Crippen LogP contribution in [-0.2, 0) is 9.59 Å². The highest BCUT2D eigenvalue weighted by atomic mass is 16.4. The fourth-order valence-corrected chi connectivity index (χ4v) is 1.72. The predicted molar refractivity (Wildman–Crippen MR) is 55.4 cm³/mol. The molecule has 0 spiro atoms. The topological polar surface area (TPSA) is 69.6 Å². The first-order chi connectivity index (χ1) is 7.15. The third kappa shape index (κ3) is 3.36. The van der Waals surface area contributed by atoms with E-state index < -0.39 is 12.0 Å². The van der Waals surface area contributed by atoms with Gasteiger partial charge in [-0.1, -0.05) is 6.08 Å². The zero-order valence-corrected chi connectivity index (χ0v) is 8.61. The number of hydrogen-bond acceptors (Lipinski definition) is 3. The molecule has 15 heavy (non-hydrogen) atoms. The minimum Gasteiger partial charge on any atom is -0.480 e. The van der Waals surface area contributed by atoms with Crippen LogP contribution in [0.2, 0.25) is 0 Å². The molecule has 1 amide bonds. The van der Waals surface area contributed by atoms with Gasteiger partial charge in [-0.3, -0.25) is 14.5 Å². The lowest BCUT2D eigenvalue weighted by Gasteiger charge is -2.19. The van der Waals surface area contributed by atoms with E-state index >= 15 is 0 Å². The summed E-state index contributed by atoms with van der Waals surface area (Å²) in [6.07, 6.45) is 3.06. The summed E-state index contributed by atoms with van der Waals surface area (Å²) in [5.74, 6) is -0.993. The number of likely N-dealkylation sites (tertiary alicyclic amines) is 1. The molecule has 1 saturated heterocycles. The quantitative estimate of drug-likeness (QED) is 0.621. The highest BCUT2D eigenvalue weighted by molar-refractivity contribution is 5.80. The van der Waals surface area contributed by atoms with Crippen LogP contribution >= 0.6 is 0 Å². The smallest absolute Gasteiger partial charge is 0.320 e. The maximum Gasteiger partial charge on any atom is 0.320 e. The standard InChI is InChI=1S/C10H16N2O3/c1-2-5-11-9(13)7-12-6-3-4-8(12)10(14)15/h2,8H,1,3-7H2,(H,11,13)(H,14,15)/t8-/m0/s1. The van der Waals surface area contributed by atoms with E-state index in [4.69, 9.17) is 5.11 Å². The zero-order chi connectivity index (χ0) is 11.3. The highest BCUT2D eigenvalue weighted by Gasteiger charge is 2.31. The van der Waals surface area contributed by atoms with Crippen molar-refractivity contribution in [3.63, 3.8) is 0 Å². The Morgan fingerprint density at radius 3 is 2.93 bits per heavy atom. The largest absolute Gasteiger partial charge is 0.480 e. The van der Waals surface area contributed by atoms with Gasteiger partial charge >= 0.3 is 5.97 Å². The molecular formula is C10H16N2O3. The minimum absolute atomic E-state index is 0.150. The number of carbonyl (C=O) groups is 2. The summed E-state index contributed by atoms with van der Waals surface area (Å²) in [7, 11) is 0. The number of nitrogens with one attached hydrogen (secondary N) is 1. The SMILES string of the molecule is C=CCNC(=O)CN1CCC[C@H]1C(=O)O. The van der Waals surface area contributed by atoms with E-state index in [0.29, 0.717) is 19.5 Å². The molecule has 5 heteroatoms. The molecule has 5 nitrogen and oxygen atoms in total. The Kier molecular flexibility index (Phi) is 4.30. The Morgan fingerprint density at radius 1 is 1.60 bits per heavy atom. The molecule has 1 rings (SSSR count). The molecule has 0 aliphatic carbocycles. The molecule has 0 aromatic rings. The van der Waals surface area contributed by atoms with Gasteiger partial charge in [-0.15, -0.1) is 6.58 Å². The zero-order valence-electron chi connectivity index (χ0n) is 8.61. The fourth-order valence-electron chi connectivity index (χ4n) is 1.72. The molecule has 1 heterocycles. The summed E-state index contributed by atoms with van der Waals surface area (Å²) in [4.78, 5) is 23.8. The van der Waals surface area contributed by atoms with Crippen LogP contribution in [0.3, 0.4) is 0 Å². The van der Waals surface area contributed by atoms with Gasteiger partial charge in [0.25, 0.3) is 0 Å². The highest BCUT2D eigenvalue weighted by Crippen LogP contribution is 2.16. The van der Waals surface area contributed by atoms with Crippen molar-refractivity contribution in [3.8, 4) is 0 Å². The normalized spacial score (nSPS) is 21.2. The van der Waals surface area contributed by atoms with Crippen LogP contribution in [0.4, 0.5) is 0 Å². The second-order valence-electron chi connectivity index (χ2n) is 3.56. The third-order valence-corrected chi connectivity index (χ3v) is 2.44. The van der Waals surface area contributed by atoms with E-state index in [1.54, 1.807) is 11.0 Å². The Hall–Kier alpha value is -1.36. The average Bonchev–Trinajstić information content (AvgIpc) is 2.62. The van der Waals surface area contributed by atoms with Crippen LogP contribution < -0.4 is 5.32 Å². The van der Waals surface area contributed by atoms with Crippen molar-refractivity contribution < 1.29 is 14.7 Å². The summed E-state index contributed by atoms with van der Waals surface area (Å²) >= 11 is 0. The van der Waals surface area contributed by atoms with E-state index in [1.165, 1.54) is 0 Å². The van der Waals surface area contributed by atoms with Crippen LogP contribution in [0.5, 0.6) is 0 Å². The molecule has 1 aliphatic heterocycles. The summed E-state index contributed by atoms with van der Waals surface area (Å²) in [6.45, 7) is 4.74. The lowest BCUT2D eigenvalue weighted by molar-refractivity contribution is -0.142. The van der Waals surface area contributed by atoms with Gasteiger partial charge < -0.3 is 10.4 Å². The van der Waals surface area contributed by atoms with Crippen LogP contribution in [0.15, 0.2) is 12.7 Å². The van der Waals surface area contributed by atoms with Crippen molar-refractivity contribution in [2.45, 2.75) is 18.9 Å². The van der Waals surface area contributed by atoms with Crippen molar-refractivity contribution in [2.75, 3.05) is 19.6 Å². The van der Waals surface area contributed by atoms with Crippen molar-refractivity contribution >= 4 is 11.9 Å². The summed E-state index contributed by atoms with van der Waals surface area (Å²) in [5, 5.41) is 11.5. The van der Waals surface area contributed by atoms with Crippen molar-refractivity contribution in [1.29, 1.82) is 0 Å². The molecule has 2 N–H and O–H groups in total. The average molecular weight is 212 g/mol. The molecule has 1 aliphatic rings. The van der Waals surface area contributed by atoms with Crippen LogP contribution in [-0.4, -0.2) is 47.6 Å². The van der Waals surface area contributed by atoms with E-state index in [-0.39, 0.29) is 12.5 Å². The number of hydrogen-bond donors (Lipinski definition) is 2. The maximum atomic E-state index is 11.3. The molecular weight excluding hydrogens is 196 g/mol. The van der Waals surface area contributed by atoms with Gasteiger partial charge in [-0.2, -0.15) is 0 Å². The molecule has 0 unspecified atom stereocenters. The first-order valence-electron chi connectivity index (χ1n) is 4.99. The van der Waals surface area contributed by atoms with Gasteiger partial charge in [0, 0.05) is 6.54 Å². The van der Waals surface area contributed by atoms with E-state index in [2.05, 4.69) is 11.9 Å². The summed E-state index contributed by atoms with van der Waals surface area (Å²) in [5.41, 5.74) is 0. The van der Waals surface area contributed by atoms with Crippen LogP contribution in [0.25, 0.3) is 0 Å². The second kappa shape index (κ2) is 5.50. The number of carboxylic acids is 1. The first kappa shape index (κ1) is 11.7. The summed E-state index contributed by atoms with van der Waals surface area (Å²) < 4.78 is 0. The number of rotatable bonds is 5. The Bertz CT molecular complexity index is 265. The number of carboxylic acid groups (broad SMARTS) is 1. The molecule has 0 radical (unpaired) electrons. The maximum absolute atomic E-state index is 11.3. The Morgan fingerprint density at radius 2 is 2.33 bits per heavy atom. The molecule has 0 bridgehead atoms. The predicted octanol–water partition coefficient (Wildman–Crippen LogP) is -0.162. The molecule has 1 atom stereocenters. The number of carbonyl (C=O) groups excluding carboxylic acids is 1. The van der Waals surface area contributed by atoms with Crippen molar-refractivity contribution in [2.24, 2.45) is 0 Å². The third-order valence-electron chi connectivity index (χ3n) is 2.44. The van der Waals surface area contributed by atoms with Crippen molar-refractivity contribution in [3.05, 3.63) is 12.7 Å². The van der Waals surface area contributed by atoms with E-state index in [9.17, 15) is 9.59 Å². The molecule has 0 saturated carbocycles. The van der Waals surface area contributed by atoms with E-state index in [1.807, 2.05) is 0 Å². The Balaban J connectivity index is 2.39. The lowest BCUT2D eigenvalue weighted by Crippen LogP contribution is -2.42. The van der Waals surface area contributed by atoms with Gasteiger partial charge in [-0.05, 0) is 19.4 Å². The Labute approximate surface area is 88.8 Å². The monoisotopic (exact) mass is 212 g/mol. The van der Waals surface area contributed by atoms with Crippen LogP contribution in [0.1, 0.15) is 12.8 Å². The number of aliphatic carboxylic acids is 1. The van der Waals surface area contributed by atoms with Crippen LogP contribution in [0, 0.1) is 0 Å². The van der Waals surface area contributed by atoms with Gasteiger partial charge in [0.15, 0.2) is 0 Å². The lowest BCUT2D eigenvalue weighted by atomic mass is 10.2. The molecule has 0 aromatic heterocycles. The molecule has 1 fully saturated rings. The van der Waals surface area contributed by atoms with Gasteiger partial charge in [0.1, 0.15) is 6.04 Å². The summed E-state index contributed by atoms with van der Waals surface area (Å²) in [6, 6.07) is -0.500. The van der Waals surface area contributed by atoms with Crippen molar-refractivity contribution in [1.82, 2.24) is 10.2 Å². The molecule has 0 aromatic carbocycles. The van der Waals surface area contributed by atoms with Gasteiger partial charge in [-0.25, -0.2) is 0 Å². The number of amides is 1. The second-order valence-corrected chi connectivity index (χ2v) is 3.56. The van der Waals surface area contributed by atoms with Gasteiger partial charge in [0.2, 0.25) is 5.91 Å². The van der Waals surface area contributed by atoms with E-state index in [0.717, 1.165) is 6.42 Å².